The van der Waals surface area contributed by atoms with Crippen LogP contribution in [0, 0.1) is 0 Å². The van der Waals surface area contributed by atoms with E-state index in [9.17, 15) is 8.42 Å². The van der Waals surface area contributed by atoms with E-state index in [1.165, 1.54) is 16.4 Å². The highest BCUT2D eigenvalue weighted by Crippen LogP contribution is 2.17. The Labute approximate surface area is 102 Å². The van der Waals surface area contributed by atoms with Crippen molar-refractivity contribution < 1.29 is 8.42 Å². The summed E-state index contributed by atoms with van der Waals surface area (Å²) >= 11 is 0. The molecule has 0 heterocycles. The van der Waals surface area contributed by atoms with Gasteiger partial charge < -0.3 is 5.73 Å². The van der Waals surface area contributed by atoms with Crippen molar-refractivity contribution in [3.05, 3.63) is 49.6 Å². The van der Waals surface area contributed by atoms with Crippen LogP contribution in [-0.4, -0.2) is 25.8 Å². The number of anilines is 1. The molecular weight excluding hydrogens is 236 g/mol. The highest BCUT2D eigenvalue weighted by atomic mass is 32.2. The van der Waals surface area contributed by atoms with Crippen LogP contribution < -0.4 is 5.73 Å². The first-order chi connectivity index (χ1) is 8.02. The maximum Gasteiger partial charge on any atom is 0.243 e. The molecule has 1 aromatic carbocycles. The third kappa shape index (κ3) is 3.18. The molecule has 0 amide bonds. The van der Waals surface area contributed by atoms with Gasteiger partial charge >= 0.3 is 0 Å². The molecule has 0 aromatic heterocycles. The first-order valence-corrected chi connectivity index (χ1v) is 6.54. The van der Waals surface area contributed by atoms with Crippen LogP contribution in [0.4, 0.5) is 5.69 Å². The van der Waals surface area contributed by atoms with Crippen LogP contribution in [0.3, 0.4) is 0 Å². The Kier molecular flexibility index (Phi) is 4.48. The van der Waals surface area contributed by atoms with Crippen LogP contribution >= 0.6 is 0 Å². The number of hydrogen-bond donors (Lipinski definition) is 1. The predicted molar refractivity (Wildman–Crippen MR) is 70.0 cm³/mol. The van der Waals surface area contributed by atoms with Gasteiger partial charge in [0.2, 0.25) is 10.0 Å². The van der Waals surface area contributed by atoms with Gasteiger partial charge in [0.05, 0.1) is 4.90 Å². The molecule has 5 heteroatoms. The predicted octanol–water partition coefficient (Wildman–Crippen LogP) is 1.63. The standard InChI is InChI=1S/C12H16N2O2S/c1-3-9-14(10-4-2)17(15,16)12-7-5-11(13)6-8-12/h3-8H,1-2,9-10,13H2. The van der Waals surface area contributed by atoms with Crippen molar-refractivity contribution in [1.82, 2.24) is 4.31 Å². The Morgan fingerprint density at radius 2 is 1.59 bits per heavy atom. The molecule has 0 saturated carbocycles. The van der Waals surface area contributed by atoms with Crippen molar-refractivity contribution in [2.24, 2.45) is 0 Å². The quantitative estimate of drug-likeness (QED) is 0.618. The van der Waals surface area contributed by atoms with Gasteiger partial charge in [-0.15, -0.1) is 13.2 Å². The Hall–Kier alpha value is -1.59. The molecule has 4 nitrogen and oxygen atoms in total. The summed E-state index contributed by atoms with van der Waals surface area (Å²) in [6.45, 7) is 7.58. The van der Waals surface area contributed by atoms with Crippen molar-refractivity contribution in [2.75, 3.05) is 18.8 Å². The molecule has 0 aliphatic rings. The smallest absolute Gasteiger partial charge is 0.243 e. The molecule has 17 heavy (non-hydrogen) atoms. The fraction of sp³-hybridized carbons (Fsp3) is 0.167. The summed E-state index contributed by atoms with van der Waals surface area (Å²) in [6, 6.07) is 6.10. The van der Waals surface area contributed by atoms with E-state index in [0.29, 0.717) is 5.69 Å². The Morgan fingerprint density at radius 3 is 2.00 bits per heavy atom. The number of benzene rings is 1. The maximum absolute atomic E-state index is 12.2. The van der Waals surface area contributed by atoms with Gasteiger partial charge in [0, 0.05) is 18.8 Å². The zero-order valence-corrected chi connectivity index (χ0v) is 10.4. The first-order valence-electron chi connectivity index (χ1n) is 5.10. The molecule has 0 radical (unpaired) electrons. The van der Waals surface area contributed by atoms with E-state index in [2.05, 4.69) is 13.2 Å². The number of hydrogen-bond acceptors (Lipinski definition) is 3. The van der Waals surface area contributed by atoms with Crippen LogP contribution in [0.25, 0.3) is 0 Å². The van der Waals surface area contributed by atoms with Gasteiger partial charge in [-0.3, -0.25) is 0 Å². The maximum atomic E-state index is 12.2. The van der Waals surface area contributed by atoms with Crippen molar-refractivity contribution >= 4 is 15.7 Å². The average molecular weight is 252 g/mol. The first kappa shape index (κ1) is 13.5. The normalized spacial score (nSPS) is 11.4. The second-order valence-electron chi connectivity index (χ2n) is 3.47. The molecule has 0 fully saturated rings. The third-order valence-electron chi connectivity index (χ3n) is 2.18. The molecule has 0 spiro atoms. The second kappa shape index (κ2) is 5.65. The molecule has 1 aromatic rings. The summed E-state index contributed by atoms with van der Waals surface area (Å²) in [5.41, 5.74) is 6.05. The van der Waals surface area contributed by atoms with E-state index in [1.807, 2.05) is 0 Å². The van der Waals surface area contributed by atoms with Crippen LogP contribution in [0.15, 0.2) is 54.5 Å². The van der Waals surface area contributed by atoms with E-state index in [1.54, 1.807) is 24.3 Å². The zero-order valence-electron chi connectivity index (χ0n) is 9.54. The summed E-state index contributed by atoms with van der Waals surface area (Å²) in [4.78, 5) is 0.218. The molecule has 0 unspecified atom stereocenters. The monoisotopic (exact) mass is 252 g/mol. The molecule has 0 saturated heterocycles. The lowest BCUT2D eigenvalue weighted by Gasteiger charge is -2.18. The number of nitrogens with zero attached hydrogens (tertiary/aromatic N) is 1. The SMILES string of the molecule is C=CCN(CC=C)S(=O)(=O)c1ccc(N)cc1. The largest absolute Gasteiger partial charge is 0.399 e. The third-order valence-corrected chi connectivity index (χ3v) is 4.03. The van der Waals surface area contributed by atoms with Crippen molar-refractivity contribution in [2.45, 2.75) is 4.90 Å². The zero-order chi connectivity index (χ0) is 12.9. The number of sulfonamides is 1. The molecule has 1 rings (SSSR count). The molecule has 0 atom stereocenters. The summed E-state index contributed by atoms with van der Waals surface area (Å²) < 4.78 is 25.7. The topological polar surface area (TPSA) is 63.4 Å². The Balaban J connectivity index is 3.10. The van der Waals surface area contributed by atoms with Gasteiger partial charge in [-0.05, 0) is 24.3 Å². The van der Waals surface area contributed by atoms with Gasteiger partial charge in [0.1, 0.15) is 0 Å². The van der Waals surface area contributed by atoms with E-state index in [4.69, 9.17) is 5.73 Å². The summed E-state index contributed by atoms with van der Waals surface area (Å²) in [5.74, 6) is 0. The molecule has 0 aliphatic heterocycles. The van der Waals surface area contributed by atoms with E-state index < -0.39 is 10.0 Å². The minimum Gasteiger partial charge on any atom is -0.399 e. The fourth-order valence-corrected chi connectivity index (χ4v) is 2.73. The van der Waals surface area contributed by atoms with Gasteiger partial charge in [-0.2, -0.15) is 4.31 Å². The summed E-state index contributed by atoms with van der Waals surface area (Å²) in [6.07, 6.45) is 3.08. The second-order valence-corrected chi connectivity index (χ2v) is 5.41. The van der Waals surface area contributed by atoms with Gasteiger partial charge in [-0.25, -0.2) is 8.42 Å². The van der Waals surface area contributed by atoms with Crippen LogP contribution in [-0.2, 0) is 10.0 Å². The Morgan fingerprint density at radius 1 is 1.12 bits per heavy atom. The molecule has 92 valence electrons. The molecule has 2 N–H and O–H groups in total. The highest BCUT2D eigenvalue weighted by Gasteiger charge is 2.21. The van der Waals surface area contributed by atoms with E-state index >= 15 is 0 Å². The minimum atomic E-state index is -3.51. The average Bonchev–Trinajstić information content (AvgIpc) is 2.29. The summed E-state index contributed by atoms with van der Waals surface area (Å²) in [7, 11) is -3.51. The molecule has 0 aliphatic carbocycles. The van der Waals surface area contributed by atoms with E-state index in [0.717, 1.165) is 0 Å². The highest BCUT2D eigenvalue weighted by molar-refractivity contribution is 7.89. The molecular formula is C12H16N2O2S. The lowest BCUT2D eigenvalue weighted by atomic mass is 10.3. The van der Waals surface area contributed by atoms with Crippen LogP contribution in [0.2, 0.25) is 0 Å². The lowest BCUT2D eigenvalue weighted by molar-refractivity contribution is 0.474. The van der Waals surface area contributed by atoms with Crippen molar-refractivity contribution in [3.8, 4) is 0 Å². The minimum absolute atomic E-state index is 0.218. The van der Waals surface area contributed by atoms with E-state index in [-0.39, 0.29) is 18.0 Å². The van der Waals surface area contributed by atoms with Gasteiger partial charge in [-0.1, -0.05) is 12.2 Å². The van der Waals surface area contributed by atoms with Crippen LogP contribution in [0.5, 0.6) is 0 Å². The number of rotatable bonds is 6. The lowest BCUT2D eigenvalue weighted by Crippen LogP contribution is -2.31. The van der Waals surface area contributed by atoms with Crippen molar-refractivity contribution in [3.63, 3.8) is 0 Å². The van der Waals surface area contributed by atoms with Crippen LogP contribution in [0.1, 0.15) is 0 Å². The number of nitrogen functional groups attached to an aromatic ring is 1. The molecule has 0 bridgehead atoms. The van der Waals surface area contributed by atoms with Gasteiger partial charge in [0.25, 0.3) is 0 Å². The summed E-state index contributed by atoms with van der Waals surface area (Å²) in [5, 5.41) is 0. The Bertz CT molecular complexity index is 482. The van der Waals surface area contributed by atoms with Crippen molar-refractivity contribution in [1.29, 1.82) is 0 Å². The van der Waals surface area contributed by atoms with Gasteiger partial charge in [0.15, 0.2) is 0 Å². The fourth-order valence-electron chi connectivity index (χ4n) is 1.35. The number of nitrogens with two attached hydrogens (primary N) is 1.